The summed E-state index contributed by atoms with van der Waals surface area (Å²) in [6, 6.07) is 10.1. The van der Waals surface area contributed by atoms with Crippen LogP contribution in [-0.2, 0) is 13.1 Å². The highest BCUT2D eigenvalue weighted by atomic mass is 16.5. The highest BCUT2D eigenvalue weighted by molar-refractivity contribution is 5.79. The van der Waals surface area contributed by atoms with Crippen molar-refractivity contribution in [1.29, 1.82) is 0 Å². The van der Waals surface area contributed by atoms with Gasteiger partial charge in [-0.3, -0.25) is 0 Å². The van der Waals surface area contributed by atoms with Gasteiger partial charge >= 0.3 is 0 Å². The summed E-state index contributed by atoms with van der Waals surface area (Å²) in [6.07, 6.45) is 1.84. The van der Waals surface area contributed by atoms with Gasteiger partial charge in [0.2, 0.25) is 5.88 Å². The Morgan fingerprint density at radius 2 is 2.00 bits per heavy atom. The van der Waals surface area contributed by atoms with E-state index in [1.54, 1.807) is 13.3 Å². The van der Waals surface area contributed by atoms with E-state index in [1.165, 1.54) is 5.56 Å². The maximum absolute atomic E-state index is 5.95. The second-order valence-electron chi connectivity index (χ2n) is 6.50. The minimum atomic E-state index is 0.130. The van der Waals surface area contributed by atoms with Gasteiger partial charge in [-0.25, -0.2) is 9.98 Å². The average Bonchev–Trinajstić information content (AvgIpc) is 2.65. The van der Waals surface area contributed by atoms with Crippen molar-refractivity contribution in [3.8, 4) is 11.6 Å². The maximum Gasteiger partial charge on any atom is 0.218 e. The molecule has 0 saturated carbocycles. The van der Waals surface area contributed by atoms with Crippen molar-refractivity contribution in [1.82, 2.24) is 15.6 Å². The first-order valence-electron chi connectivity index (χ1n) is 9.29. The molecule has 146 valence electrons. The normalized spacial score (nSPS) is 11.4. The van der Waals surface area contributed by atoms with Crippen LogP contribution in [0.5, 0.6) is 11.6 Å². The average molecular weight is 370 g/mol. The molecule has 1 aromatic carbocycles. The molecule has 0 aliphatic rings. The number of nitrogens with one attached hydrogen (secondary N) is 2. The number of aryl methyl sites for hydroxylation is 1. The summed E-state index contributed by atoms with van der Waals surface area (Å²) in [5, 5.41) is 6.64. The maximum atomic E-state index is 5.95. The number of nitrogens with zero attached hydrogens (tertiary/aromatic N) is 2. The molecule has 27 heavy (non-hydrogen) atoms. The number of hydrogen-bond donors (Lipinski definition) is 2. The van der Waals surface area contributed by atoms with E-state index < -0.39 is 0 Å². The van der Waals surface area contributed by atoms with E-state index in [2.05, 4.69) is 45.7 Å². The molecule has 0 unspecified atom stereocenters. The van der Waals surface area contributed by atoms with E-state index in [1.807, 2.05) is 32.9 Å². The lowest BCUT2D eigenvalue weighted by Gasteiger charge is -2.17. The van der Waals surface area contributed by atoms with Crippen molar-refractivity contribution in [2.75, 3.05) is 13.7 Å². The number of rotatable bonds is 8. The van der Waals surface area contributed by atoms with Gasteiger partial charge in [0, 0.05) is 30.4 Å². The Hall–Kier alpha value is -2.76. The van der Waals surface area contributed by atoms with Crippen molar-refractivity contribution >= 4 is 5.96 Å². The summed E-state index contributed by atoms with van der Waals surface area (Å²) in [4.78, 5) is 8.86. The van der Waals surface area contributed by atoms with Gasteiger partial charge in [-0.2, -0.15) is 0 Å². The van der Waals surface area contributed by atoms with Crippen molar-refractivity contribution in [3.05, 3.63) is 53.2 Å². The molecule has 0 bridgehead atoms. The van der Waals surface area contributed by atoms with Crippen LogP contribution in [0.2, 0.25) is 0 Å². The minimum absolute atomic E-state index is 0.130. The molecular formula is C21H30N4O2. The van der Waals surface area contributed by atoms with Crippen molar-refractivity contribution in [2.24, 2.45) is 4.99 Å². The molecule has 2 aromatic rings. The third-order valence-corrected chi connectivity index (χ3v) is 3.83. The molecule has 0 aliphatic heterocycles. The fourth-order valence-corrected chi connectivity index (χ4v) is 2.58. The van der Waals surface area contributed by atoms with Crippen molar-refractivity contribution < 1.29 is 9.47 Å². The Labute approximate surface area is 162 Å². The highest BCUT2D eigenvalue weighted by Gasteiger charge is 2.08. The van der Waals surface area contributed by atoms with Crippen LogP contribution in [0.4, 0.5) is 0 Å². The SMILES string of the molecule is CCNC(=NCc1cccnc1OC)NCc1ccc(C)cc1OC(C)C. The van der Waals surface area contributed by atoms with E-state index in [-0.39, 0.29) is 6.10 Å². The second-order valence-corrected chi connectivity index (χ2v) is 6.50. The molecule has 2 rings (SSSR count). The lowest BCUT2D eigenvalue weighted by Crippen LogP contribution is -2.37. The molecule has 0 aliphatic carbocycles. The monoisotopic (exact) mass is 370 g/mol. The number of aromatic nitrogens is 1. The fourth-order valence-electron chi connectivity index (χ4n) is 2.58. The number of ether oxygens (including phenoxy) is 2. The molecule has 0 radical (unpaired) electrons. The summed E-state index contributed by atoms with van der Waals surface area (Å²) in [6.45, 7) is 10.1. The lowest BCUT2D eigenvalue weighted by atomic mass is 10.1. The number of pyridine rings is 1. The van der Waals surface area contributed by atoms with Gasteiger partial charge < -0.3 is 20.1 Å². The zero-order valence-corrected chi connectivity index (χ0v) is 16.9. The Bertz CT molecular complexity index is 760. The molecule has 6 nitrogen and oxygen atoms in total. The number of aliphatic imine (C=N–C) groups is 1. The predicted octanol–water partition coefficient (Wildman–Crippen LogP) is 3.44. The van der Waals surface area contributed by atoms with Crippen LogP contribution in [0.1, 0.15) is 37.5 Å². The van der Waals surface area contributed by atoms with E-state index in [4.69, 9.17) is 9.47 Å². The predicted molar refractivity (Wildman–Crippen MR) is 109 cm³/mol. The van der Waals surface area contributed by atoms with E-state index in [0.717, 1.165) is 29.4 Å². The first kappa shape index (κ1) is 20.6. The molecule has 0 fully saturated rings. The van der Waals surface area contributed by atoms with Gasteiger partial charge in [0.25, 0.3) is 0 Å². The standard InChI is InChI=1S/C21H30N4O2/c1-6-22-21(25-14-18-8-7-11-23-20(18)26-5)24-13-17-10-9-16(4)12-19(17)27-15(2)3/h7-12,15H,6,13-14H2,1-5H3,(H2,22,24,25). The van der Waals surface area contributed by atoms with Gasteiger partial charge in [0.15, 0.2) is 5.96 Å². The van der Waals surface area contributed by atoms with Gasteiger partial charge in [0.1, 0.15) is 5.75 Å². The van der Waals surface area contributed by atoms with Crippen molar-refractivity contribution in [2.45, 2.75) is 46.9 Å². The quantitative estimate of drug-likeness (QED) is 0.550. The number of methoxy groups -OCH3 is 1. The molecule has 2 N–H and O–H groups in total. The zero-order valence-electron chi connectivity index (χ0n) is 16.9. The summed E-state index contributed by atoms with van der Waals surface area (Å²) in [5.41, 5.74) is 3.22. The second kappa shape index (κ2) is 10.4. The zero-order chi connectivity index (χ0) is 19.6. The number of guanidine groups is 1. The number of benzene rings is 1. The highest BCUT2D eigenvalue weighted by Crippen LogP contribution is 2.21. The third-order valence-electron chi connectivity index (χ3n) is 3.83. The topological polar surface area (TPSA) is 67.8 Å². The fraction of sp³-hybridized carbons (Fsp3) is 0.429. The Morgan fingerprint density at radius 3 is 2.70 bits per heavy atom. The molecule has 0 spiro atoms. The smallest absolute Gasteiger partial charge is 0.218 e. The molecule has 6 heteroatoms. The first-order chi connectivity index (χ1) is 13.0. The minimum Gasteiger partial charge on any atom is -0.491 e. The summed E-state index contributed by atoms with van der Waals surface area (Å²) in [5.74, 6) is 2.24. The van der Waals surface area contributed by atoms with Gasteiger partial charge in [-0.15, -0.1) is 0 Å². The summed E-state index contributed by atoms with van der Waals surface area (Å²) in [7, 11) is 1.62. The van der Waals surface area contributed by atoms with Crippen LogP contribution in [-0.4, -0.2) is 30.7 Å². The Balaban J connectivity index is 2.10. The molecule has 0 atom stereocenters. The van der Waals surface area contributed by atoms with Crippen LogP contribution < -0.4 is 20.1 Å². The molecule has 0 saturated heterocycles. The first-order valence-corrected chi connectivity index (χ1v) is 9.29. The van der Waals surface area contributed by atoms with Crippen LogP contribution in [0.3, 0.4) is 0 Å². The van der Waals surface area contributed by atoms with Gasteiger partial charge in [-0.05, 0) is 45.4 Å². The summed E-state index contributed by atoms with van der Waals surface area (Å²) < 4.78 is 11.2. The van der Waals surface area contributed by atoms with Gasteiger partial charge in [-0.1, -0.05) is 18.2 Å². The number of hydrogen-bond acceptors (Lipinski definition) is 4. The van der Waals surface area contributed by atoms with E-state index in [9.17, 15) is 0 Å². The summed E-state index contributed by atoms with van der Waals surface area (Å²) >= 11 is 0. The van der Waals surface area contributed by atoms with Crippen LogP contribution >= 0.6 is 0 Å². The van der Waals surface area contributed by atoms with Crippen LogP contribution in [0.25, 0.3) is 0 Å². The Kier molecular flexibility index (Phi) is 7.92. The van der Waals surface area contributed by atoms with E-state index >= 15 is 0 Å². The molecular weight excluding hydrogens is 340 g/mol. The van der Waals surface area contributed by atoms with Crippen LogP contribution in [0, 0.1) is 6.92 Å². The Morgan fingerprint density at radius 1 is 1.19 bits per heavy atom. The lowest BCUT2D eigenvalue weighted by molar-refractivity contribution is 0.239. The largest absolute Gasteiger partial charge is 0.491 e. The molecule has 0 amide bonds. The van der Waals surface area contributed by atoms with Gasteiger partial charge in [0.05, 0.1) is 19.8 Å². The van der Waals surface area contributed by atoms with E-state index in [0.29, 0.717) is 19.0 Å². The van der Waals surface area contributed by atoms with Crippen molar-refractivity contribution in [3.63, 3.8) is 0 Å². The molecule has 1 heterocycles. The third kappa shape index (κ3) is 6.47. The molecule has 1 aromatic heterocycles. The van der Waals surface area contributed by atoms with Crippen LogP contribution in [0.15, 0.2) is 41.5 Å².